The maximum atomic E-state index is 12.4. The average Bonchev–Trinajstić information content (AvgIpc) is 3.02. The fourth-order valence-electron chi connectivity index (χ4n) is 2.38. The van der Waals surface area contributed by atoms with Crippen LogP contribution < -0.4 is 10.1 Å². The first-order chi connectivity index (χ1) is 11.6. The first-order valence-electron chi connectivity index (χ1n) is 7.55. The van der Waals surface area contributed by atoms with Crippen LogP contribution in [0, 0.1) is 13.8 Å². The maximum absolute atomic E-state index is 12.4. The zero-order valence-corrected chi connectivity index (χ0v) is 14.6. The molecule has 0 aliphatic heterocycles. The highest BCUT2D eigenvalue weighted by atomic mass is 32.1. The third-order valence-electron chi connectivity index (χ3n) is 3.73. The van der Waals surface area contributed by atoms with E-state index in [1.165, 1.54) is 0 Å². The molecule has 0 spiro atoms. The van der Waals surface area contributed by atoms with Crippen molar-refractivity contribution >= 4 is 22.9 Å². The molecule has 2 aromatic carbocycles. The number of anilines is 1. The minimum Gasteiger partial charge on any atom is -0.496 e. The van der Waals surface area contributed by atoms with E-state index in [1.54, 1.807) is 30.6 Å². The zero-order chi connectivity index (χ0) is 17.1. The first kappa shape index (κ1) is 16.2. The Morgan fingerprint density at radius 2 is 1.88 bits per heavy atom. The second-order valence-electron chi connectivity index (χ2n) is 5.47. The molecule has 24 heavy (non-hydrogen) atoms. The molecule has 0 aliphatic carbocycles. The van der Waals surface area contributed by atoms with Crippen molar-refractivity contribution in [2.24, 2.45) is 0 Å². The third kappa shape index (κ3) is 3.46. The van der Waals surface area contributed by atoms with Gasteiger partial charge in [0, 0.05) is 22.2 Å². The molecule has 0 saturated carbocycles. The summed E-state index contributed by atoms with van der Waals surface area (Å²) in [5.41, 5.74) is 4.30. The monoisotopic (exact) mass is 338 g/mol. The number of aromatic nitrogens is 1. The summed E-state index contributed by atoms with van der Waals surface area (Å²) in [6.07, 6.45) is 0. The topological polar surface area (TPSA) is 51.2 Å². The Morgan fingerprint density at radius 3 is 2.50 bits per heavy atom. The van der Waals surface area contributed by atoms with Crippen LogP contribution in [0.1, 0.15) is 20.9 Å². The lowest BCUT2D eigenvalue weighted by Gasteiger charge is -2.09. The summed E-state index contributed by atoms with van der Waals surface area (Å²) in [7, 11) is 1.60. The normalized spacial score (nSPS) is 10.5. The number of hydrogen-bond donors (Lipinski definition) is 1. The number of nitrogens with one attached hydrogen (secondary N) is 1. The number of hydrogen-bond acceptors (Lipinski definition) is 4. The standard InChI is InChI=1S/C19H18N2O2S/c1-12-4-5-15(10-18(12)23-3)19(22)21-16-8-6-14(7-9-16)17-11-24-13(2)20-17/h4-11H,1-3H3,(H,21,22). The van der Waals surface area contributed by atoms with Gasteiger partial charge in [0.05, 0.1) is 17.8 Å². The Morgan fingerprint density at radius 1 is 1.12 bits per heavy atom. The van der Waals surface area contributed by atoms with Crippen LogP contribution in [0.5, 0.6) is 5.75 Å². The van der Waals surface area contributed by atoms with Crippen LogP contribution in [0.15, 0.2) is 47.8 Å². The van der Waals surface area contributed by atoms with Gasteiger partial charge in [0.25, 0.3) is 5.91 Å². The average molecular weight is 338 g/mol. The molecule has 0 saturated heterocycles. The van der Waals surface area contributed by atoms with Gasteiger partial charge in [-0.25, -0.2) is 4.98 Å². The van der Waals surface area contributed by atoms with E-state index in [-0.39, 0.29) is 5.91 Å². The van der Waals surface area contributed by atoms with Crippen molar-refractivity contribution in [1.82, 2.24) is 4.98 Å². The van der Waals surface area contributed by atoms with Crippen LogP contribution >= 0.6 is 11.3 Å². The van der Waals surface area contributed by atoms with E-state index in [0.29, 0.717) is 11.3 Å². The van der Waals surface area contributed by atoms with Crippen LogP contribution in [0.4, 0.5) is 5.69 Å². The maximum Gasteiger partial charge on any atom is 0.255 e. The summed E-state index contributed by atoms with van der Waals surface area (Å²) in [6.45, 7) is 3.93. The minimum absolute atomic E-state index is 0.162. The first-order valence-corrected chi connectivity index (χ1v) is 8.43. The summed E-state index contributed by atoms with van der Waals surface area (Å²) in [4.78, 5) is 16.8. The number of rotatable bonds is 4. The lowest BCUT2D eigenvalue weighted by molar-refractivity contribution is 0.102. The summed E-state index contributed by atoms with van der Waals surface area (Å²) < 4.78 is 5.27. The van der Waals surface area contributed by atoms with Crippen molar-refractivity contribution in [3.05, 3.63) is 64.0 Å². The summed E-state index contributed by atoms with van der Waals surface area (Å²) in [5, 5.41) is 5.97. The Balaban J connectivity index is 1.75. The molecule has 0 atom stereocenters. The second kappa shape index (κ2) is 6.84. The van der Waals surface area contributed by atoms with Gasteiger partial charge in [0.15, 0.2) is 0 Å². The number of aryl methyl sites for hydroxylation is 2. The van der Waals surface area contributed by atoms with Crippen molar-refractivity contribution in [3.8, 4) is 17.0 Å². The largest absolute Gasteiger partial charge is 0.496 e. The molecular formula is C19H18N2O2S. The number of methoxy groups -OCH3 is 1. The molecule has 1 N–H and O–H groups in total. The van der Waals surface area contributed by atoms with Crippen molar-refractivity contribution < 1.29 is 9.53 Å². The molecule has 1 amide bonds. The molecule has 4 nitrogen and oxygen atoms in total. The highest BCUT2D eigenvalue weighted by Crippen LogP contribution is 2.24. The predicted octanol–water partition coefficient (Wildman–Crippen LogP) is 4.69. The molecule has 5 heteroatoms. The minimum atomic E-state index is -0.162. The molecule has 0 unspecified atom stereocenters. The van der Waals surface area contributed by atoms with Crippen molar-refractivity contribution in [2.45, 2.75) is 13.8 Å². The van der Waals surface area contributed by atoms with Crippen LogP contribution in [0.3, 0.4) is 0 Å². The van der Waals surface area contributed by atoms with Crippen molar-refractivity contribution in [1.29, 1.82) is 0 Å². The predicted molar refractivity (Wildman–Crippen MR) is 98.0 cm³/mol. The van der Waals surface area contributed by atoms with Gasteiger partial charge in [-0.05, 0) is 43.7 Å². The van der Waals surface area contributed by atoms with Crippen molar-refractivity contribution in [3.63, 3.8) is 0 Å². The fraction of sp³-hybridized carbons (Fsp3) is 0.158. The van der Waals surface area contributed by atoms with Gasteiger partial charge in [-0.1, -0.05) is 18.2 Å². The van der Waals surface area contributed by atoms with Gasteiger partial charge in [0.2, 0.25) is 0 Å². The Kier molecular flexibility index (Phi) is 4.62. The molecule has 1 heterocycles. The fourth-order valence-corrected chi connectivity index (χ4v) is 3.01. The van der Waals surface area contributed by atoms with Crippen LogP contribution in [-0.4, -0.2) is 18.0 Å². The highest BCUT2D eigenvalue weighted by Gasteiger charge is 2.09. The highest BCUT2D eigenvalue weighted by molar-refractivity contribution is 7.09. The summed E-state index contributed by atoms with van der Waals surface area (Å²) >= 11 is 1.62. The molecule has 0 bridgehead atoms. The van der Waals surface area contributed by atoms with Crippen molar-refractivity contribution in [2.75, 3.05) is 12.4 Å². The summed E-state index contributed by atoms with van der Waals surface area (Å²) in [5.74, 6) is 0.544. The van der Waals surface area contributed by atoms with E-state index < -0.39 is 0 Å². The summed E-state index contributed by atoms with van der Waals surface area (Å²) in [6, 6.07) is 13.1. The van der Waals surface area contributed by atoms with Gasteiger partial charge in [-0.15, -0.1) is 11.3 Å². The molecule has 3 aromatic rings. The van der Waals surface area contributed by atoms with E-state index in [9.17, 15) is 4.79 Å². The quantitative estimate of drug-likeness (QED) is 0.751. The van der Waals surface area contributed by atoms with Crippen LogP contribution in [-0.2, 0) is 0 Å². The number of benzene rings is 2. The Bertz CT molecular complexity index is 869. The molecule has 0 aliphatic rings. The molecule has 1 aromatic heterocycles. The number of carbonyl (C=O) groups is 1. The van der Waals surface area contributed by atoms with Gasteiger partial charge in [0.1, 0.15) is 5.75 Å². The zero-order valence-electron chi connectivity index (χ0n) is 13.8. The molecule has 122 valence electrons. The van der Waals surface area contributed by atoms with Gasteiger partial charge >= 0.3 is 0 Å². The van der Waals surface area contributed by atoms with Gasteiger partial charge < -0.3 is 10.1 Å². The molecule has 0 fully saturated rings. The lowest BCUT2D eigenvalue weighted by Crippen LogP contribution is -2.12. The van der Waals surface area contributed by atoms with Gasteiger partial charge in [-0.2, -0.15) is 0 Å². The molecule has 3 rings (SSSR count). The molecular weight excluding hydrogens is 320 g/mol. The smallest absolute Gasteiger partial charge is 0.255 e. The Hall–Kier alpha value is -2.66. The second-order valence-corrected chi connectivity index (χ2v) is 6.53. The van der Waals surface area contributed by atoms with E-state index in [1.807, 2.05) is 49.6 Å². The van der Waals surface area contributed by atoms with E-state index >= 15 is 0 Å². The number of carbonyl (C=O) groups excluding carboxylic acids is 1. The molecule has 0 radical (unpaired) electrons. The Labute approximate surface area is 145 Å². The third-order valence-corrected chi connectivity index (χ3v) is 4.50. The number of thiazole rings is 1. The van der Waals surface area contributed by atoms with E-state index in [4.69, 9.17) is 4.74 Å². The number of nitrogens with zero attached hydrogens (tertiary/aromatic N) is 1. The van der Waals surface area contributed by atoms with E-state index in [2.05, 4.69) is 10.3 Å². The van der Waals surface area contributed by atoms with Crippen LogP contribution in [0.2, 0.25) is 0 Å². The van der Waals surface area contributed by atoms with Crippen LogP contribution in [0.25, 0.3) is 11.3 Å². The number of amides is 1. The van der Waals surface area contributed by atoms with Gasteiger partial charge in [-0.3, -0.25) is 4.79 Å². The van der Waals surface area contributed by atoms with E-state index in [0.717, 1.165) is 27.5 Å². The number of ether oxygens (including phenoxy) is 1. The SMILES string of the molecule is COc1cc(C(=O)Nc2ccc(-c3csc(C)n3)cc2)ccc1C. The lowest BCUT2D eigenvalue weighted by atomic mass is 10.1.